The number of fused-ring (bicyclic) bond motifs is 1. The first-order chi connectivity index (χ1) is 9.76. The summed E-state index contributed by atoms with van der Waals surface area (Å²) >= 11 is 0. The Morgan fingerprint density at radius 1 is 1.05 bits per heavy atom. The number of ether oxygens (including phenoxy) is 1. The van der Waals surface area contributed by atoms with Crippen LogP contribution in [-0.2, 0) is 0 Å². The van der Waals surface area contributed by atoms with Crippen molar-refractivity contribution in [1.29, 1.82) is 0 Å². The molecule has 5 nitrogen and oxygen atoms in total. The highest BCUT2D eigenvalue weighted by molar-refractivity contribution is 5.91. The Labute approximate surface area is 116 Å². The molecule has 3 aromatic rings. The van der Waals surface area contributed by atoms with Crippen molar-refractivity contribution in [2.24, 2.45) is 0 Å². The number of anilines is 3. The van der Waals surface area contributed by atoms with Crippen LogP contribution in [0.2, 0.25) is 0 Å². The number of para-hydroxylation sites is 1. The van der Waals surface area contributed by atoms with Gasteiger partial charge in [-0.1, -0.05) is 18.2 Å². The van der Waals surface area contributed by atoms with Gasteiger partial charge in [-0.25, -0.2) is 4.98 Å². The topological polar surface area (TPSA) is 73.1 Å². The summed E-state index contributed by atoms with van der Waals surface area (Å²) in [6, 6.07) is 15.4. The maximum atomic E-state index is 5.75. The van der Waals surface area contributed by atoms with E-state index in [0.717, 1.165) is 22.3 Å². The highest BCUT2D eigenvalue weighted by Crippen LogP contribution is 2.26. The van der Waals surface area contributed by atoms with Crippen molar-refractivity contribution >= 4 is 28.4 Å². The minimum atomic E-state index is 0.245. The lowest BCUT2D eigenvalue weighted by molar-refractivity contribution is 0.415. The quantitative estimate of drug-likeness (QED) is 0.762. The number of benzene rings is 2. The van der Waals surface area contributed by atoms with Crippen molar-refractivity contribution in [2.75, 3.05) is 18.2 Å². The van der Waals surface area contributed by atoms with E-state index in [4.69, 9.17) is 10.5 Å². The number of hydrogen-bond acceptors (Lipinski definition) is 5. The van der Waals surface area contributed by atoms with Crippen LogP contribution in [-0.4, -0.2) is 17.1 Å². The Morgan fingerprint density at radius 2 is 1.90 bits per heavy atom. The zero-order valence-corrected chi connectivity index (χ0v) is 11.0. The third kappa shape index (κ3) is 2.33. The van der Waals surface area contributed by atoms with Gasteiger partial charge in [-0.15, -0.1) is 0 Å². The van der Waals surface area contributed by atoms with Crippen LogP contribution in [0.5, 0.6) is 5.75 Å². The molecule has 0 aliphatic heterocycles. The fourth-order valence-electron chi connectivity index (χ4n) is 2.03. The first-order valence-electron chi connectivity index (χ1n) is 6.19. The van der Waals surface area contributed by atoms with Crippen LogP contribution in [0.25, 0.3) is 10.9 Å². The Kier molecular flexibility index (Phi) is 3.09. The van der Waals surface area contributed by atoms with Gasteiger partial charge in [-0.2, -0.15) is 4.98 Å². The van der Waals surface area contributed by atoms with E-state index >= 15 is 0 Å². The third-order valence-corrected chi connectivity index (χ3v) is 2.95. The summed E-state index contributed by atoms with van der Waals surface area (Å²) in [4.78, 5) is 8.48. The summed E-state index contributed by atoms with van der Waals surface area (Å²) in [6.07, 6.45) is 0. The largest absolute Gasteiger partial charge is 0.497 e. The van der Waals surface area contributed by atoms with Gasteiger partial charge in [0, 0.05) is 17.1 Å². The molecule has 0 unspecified atom stereocenters. The van der Waals surface area contributed by atoms with Crippen LogP contribution in [0.1, 0.15) is 0 Å². The fraction of sp³-hybridized carbons (Fsp3) is 0.0667. The van der Waals surface area contributed by atoms with Crippen LogP contribution < -0.4 is 15.8 Å². The van der Waals surface area contributed by atoms with Crippen LogP contribution in [0.15, 0.2) is 48.5 Å². The molecular weight excluding hydrogens is 252 g/mol. The predicted molar refractivity (Wildman–Crippen MR) is 80.2 cm³/mol. The van der Waals surface area contributed by atoms with E-state index in [1.54, 1.807) is 7.11 Å². The molecule has 20 heavy (non-hydrogen) atoms. The van der Waals surface area contributed by atoms with E-state index in [0.29, 0.717) is 5.82 Å². The fourth-order valence-corrected chi connectivity index (χ4v) is 2.03. The number of aromatic nitrogens is 2. The van der Waals surface area contributed by atoms with Crippen LogP contribution >= 0.6 is 0 Å². The molecule has 0 bridgehead atoms. The summed E-state index contributed by atoms with van der Waals surface area (Å²) < 4.78 is 5.21. The second-order valence-electron chi connectivity index (χ2n) is 4.30. The lowest BCUT2D eigenvalue weighted by atomic mass is 10.2. The average molecular weight is 266 g/mol. The molecule has 0 spiro atoms. The van der Waals surface area contributed by atoms with E-state index in [1.807, 2.05) is 48.5 Å². The number of rotatable bonds is 3. The molecule has 3 rings (SSSR count). The van der Waals surface area contributed by atoms with Gasteiger partial charge in [0.05, 0.1) is 12.6 Å². The van der Waals surface area contributed by atoms with Gasteiger partial charge in [0.1, 0.15) is 11.6 Å². The summed E-state index contributed by atoms with van der Waals surface area (Å²) in [7, 11) is 1.64. The molecule has 0 aliphatic rings. The second kappa shape index (κ2) is 5.05. The summed E-state index contributed by atoms with van der Waals surface area (Å²) in [5, 5.41) is 4.17. The van der Waals surface area contributed by atoms with E-state index in [9.17, 15) is 0 Å². The van der Waals surface area contributed by atoms with Crippen molar-refractivity contribution in [3.8, 4) is 5.75 Å². The molecule has 0 saturated carbocycles. The normalized spacial score (nSPS) is 10.4. The molecule has 1 heterocycles. The minimum absolute atomic E-state index is 0.245. The van der Waals surface area contributed by atoms with Gasteiger partial charge in [0.2, 0.25) is 5.95 Å². The molecule has 1 aromatic heterocycles. The van der Waals surface area contributed by atoms with E-state index in [2.05, 4.69) is 15.3 Å². The summed E-state index contributed by atoms with van der Waals surface area (Å²) in [5.74, 6) is 1.71. The van der Waals surface area contributed by atoms with E-state index < -0.39 is 0 Å². The Morgan fingerprint density at radius 3 is 2.75 bits per heavy atom. The first-order valence-corrected chi connectivity index (χ1v) is 6.19. The van der Waals surface area contributed by atoms with Crippen LogP contribution in [0, 0.1) is 0 Å². The standard InChI is InChI=1S/C15H14N4O/c1-20-11-6-4-5-10(9-11)17-14-12-7-2-3-8-13(12)18-15(16)19-14/h2-9H,1H3,(H3,16,17,18,19). The molecule has 0 saturated heterocycles. The second-order valence-corrected chi connectivity index (χ2v) is 4.30. The van der Waals surface area contributed by atoms with E-state index in [-0.39, 0.29) is 5.95 Å². The molecule has 0 aliphatic carbocycles. The lowest BCUT2D eigenvalue weighted by Gasteiger charge is -2.10. The number of hydrogen-bond donors (Lipinski definition) is 2. The smallest absolute Gasteiger partial charge is 0.222 e. The molecule has 0 fully saturated rings. The molecule has 0 radical (unpaired) electrons. The SMILES string of the molecule is COc1cccc(Nc2nc(N)nc3ccccc23)c1. The molecule has 0 amide bonds. The van der Waals surface area contributed by atoms with E-state index in [1.165, 1.54) is 0 Å². The number of nitrogens with one attached hydrogen (secondary N) is 1. The highest BCUT2D eigenvalue weighted by Gasteiger charge is 2.06. The van der Waals surface area contributed by atoms with Crippen molar-refractivity contribution in [1.82, 2.24) is 9.97 Å². The van der Waals surface area contributed by atoms with Gasteiger partial charge in [0.15, 0.2) is 0 Å². The monoisotopic (exact) mass is 266 g/mol. The summed E-state index contributed by atoms with van der Waals surface area (Å²) in [5.41, 5.74) is 7.44. The third-order valence-electron chi connectivity index (χ3n) is 2.95. The Hall–Kier alpha value is -2.82. The molecule has 100 valence electrons. The van der Waals surface area contributed by atoms with Gasteiger partial charge in [0.25, 0.3) is 0 Å². The molecule has 5 heteroatoms. The Bertz CT molecular complexity index is 758. The van der Waals surface area contributed by atoms with Gasteiger partial charge < -0.3 is 15.8 Å². The molecule has 0 atom stereocenters. The first kappa shape index (κ1) is 12.2. The zero-order chi connectivity index (χ0) is 13.9. The maximum absolute atomic E-state index is 5.75. The van der Waals surface area contributed by atoms with Crippen LogP contribution in [0.3, 0.4) is 0 Å². The van der Waals surface area contributed by atoms with Gasteiger partial charge >= 0.3 is 0 Å². The predicted octanol–water partition coefficient (Wildman–Crippen LogP) is 2.96. The minimum Gasteiger partial charge on any atom is -0.497 e. The lowest BCUT2D eigenvalue weighted by Crippen LogP contribution is -2.01. The number of nitrogen functional groups attached to an aromatic ring is 1. The number of nitrogens with zero attached hydrogens (tertiary/aromatic N) is 2. The summed E-state index contributed by atoms with van der Waals surface area (Å²) in [6.45, 7) is 0. The van der Waals surface area contributed by atoms with Crippen molar-refractivity contribution in [2.45, 2.75) is 0 Å². The van der Waals surface area contributed by atoms with Crippen molar-refractivity contribution in [3.63, 3.8) is 0 Å². The number of methoxy groups -OCH3 is 1. The molecule has 3 N–H and O–H groups in total. The van der Waals surface area contributed by atoms with Gasteiger partial charge in [-0.3, -0.25) is 0 Å². The highest BCUT2D eigenvalue weighted by atomic mass is 16.5. The van der Waals surface area contributed by atoms with Crippen LogP contribution in [0.4, 0.5) is 17.5 Å². The Balaban J connectivity index is 2.05. The van der Waals surface area contributed by atoms with Gasteiger partial charge in [-0.05, 0) is 24.3 Å². The van der Waals surface area contributed by atoms with Crippen molar-refractivity contribution in [3.05, 3.63) is 48.5 Å². The maximum Gasteiger partial charge on any atom is 0.222 e. The zero-order valence-electron chi connectivity index (χ0n) is 11.0. The molecular formula is C15H14N4O. The van der Waals surface area contributed by atoms with Crippen molar-refractivity contribution < 1.29 is 4.74 Å². The molecule has 2 aromatic carbocycles. The number of nitrogens with two attached hydrogens (primary N) is 1. The average Bonchev–Trinajstić information content (AvgIpc) is 2.47.